The highest BCUT2D eigenvalue weighted by atomic mass is 79.9. The summed E-state index contributed by atoms with van der Waals surface area (Å²) in [6.07, 6.45) is 2.78. The average molecular weight is 359 g/mol. The lowest BCUT2D eigenvalue weighted by Gasteiger charge is -2.22. The monoisotopic (exact) mass is 358 g/mol. The number of aryl methyl sites for hydroxylation is 1. The van der Waals surface area contributed by atoms with Gasteiger partial charge >= 0.3 is 5.97 Å². The average Bonchev–Trinajstić information content (AvgIpc) is 2.68. The summed E-state index contributed by atoms with van der Waals surface area (Å²) in [5, 5.41) is 2.68. The van der Waals surface area contributed by atoms with Crippen LogP contribution in [0.15, 0.2) is 16.7 Å². The van der Waals surface area contributed by atoms with Gasteiger partial charge < -0.3 is 14.6 Å². The van der Waals surface area contributed by atoms with Gasteiger partial charge in [-0.05, 0) is 56.1 Å². The van der Waals surface area contributed by atoms with Gasteiger partial charge in [0.1, 0.15) is 17.3 Å². The van der Waals surface area contributed by atoms with Gasteiger partial charge in [-0.2, -0.15) is 0 Å². The van der Waals surface area contributed by atoms with Crippen LogP contribution in [0.5, 0.6) is 0 Å². The van der Waals surface area contributed by atoms with E-state index < -0.39 is 17.6 Å². The fourth-order valence-corrected chi connectivity index (χ4v) is 2.27. The van der Waals surface area contributed by atoms with Crippen molar-refractivity contribution in [3.63, 3.8) is 0 Å². The predicted octanol–water partition coefficient (Wildman–Crippen LogP) is 3.12. The Kier molecular flexibility index (Phi) is 6.01. The van der Waals surface area contributed by atoms with Crippen molar-refractivity contribution in [3.8, 4) is 0 Å². The molecule has 1 amide bonds. The Morgan fingerprint density at radius 3 is 2.57 bits per heavy atom. The van der Waals surface area contributed by atoms with E-state index in [1.54, 1.807) is 33.8 Å². The van der Waals surface area contributed by atoms with Crippen molar-refractivity contribution in [1.29, 1.82) is 0 Å². The fraction of sp³-hybridized carbons (Fsp3) is 0.600. The zero-order valence-electron chi connectivity index (χ0n) is 13.2. The lowest BCUT2D eigenvalue weighted by molar-refractivity contribution is -0.156. The van der Waals surface area contributed by atoms with E-state index in [2.05, 4.69) is 21.2 Å². The summed E-state index contributed by atoms with van der Waals surface area (Å²) in [6, 6.07) is 1.05. The fourth-order valence-electron chi connectivity index (χ4n) is 1.81. The second-order valence-corrected chi connectivity index (χ2v) is 6.88. The van der Waals surface area contributed by atoms with E-state index in [0.717, 1.165) is 17.4 Å². The number of hydrogen-bond donors (Lipinski definition) is 1. The molecule has 0 spiro atoms. The molecule has 0 saturated carbocycles. The molecule has 1 aromatic rings. The highest BCUT2D eigenvalue weighted by Gasteiger charge is 2.24. The Balaban J connectivity index is 2.74. The Morgan fingerprint density at radius 1 is 1.43 bits per heavy atom. The third-order valence-electron chi connectivity index (χ3n) is 2.67. The van der Waals surface area contributed by atoms with Gasteiger partial charge in [0.05, 0.1) is 0 Å². The van der Waals surface area contributed by atoms with Gasteiger partial charge in [0.15, 0.2) is 0 Å². The topological polar surface area (TPSA) is 60.3 Å². The molecule has 0 unspecified atom stereocenters. The van der Waals surface area contributed by atoms with Gasteiger partial charge in [-0.3, -0.25) is 4.79 Å². The molecule has 1 rings (SSSR count). The highest BCUT2D eigenvalue weighted by molar-refractivity contribution is 9.10. The van der Waals surface area contributed by atoms with E-state index in [1.807, 2.05) is 17.7 Å². The van der Waals surface area contributed by atoms with Crippen LogP contribution in [-0.2, 0) is 16.1 Å². The first-order chi connectivity index (χ1) is 9.64. The summed E-state index contributed by atoms with van der Waals surface area (Å²) in [4.78, 5) is 24.2. The molecular formula is C15H23BrN2O3. The van der Waals surface area contributed by atoms with E-state index in [0.29, 0.717) is 5.69 Å². The number of nitrogens with one attached hydrogen (secondary N) is 1. The molecule has 1 heterocycles. The van der Waals surface area contributed by atoms with Crippen LogP contribution in [0.25, 0.3) is 0 Å². The number of amides is 1. The highest BCUT2D eigenvalue weighted by Crippen LogP contribution is 2.16. The summed E-state index contributed by atoms with van der Waals surface area (Å²) in [5.74, 6) is -0.726. The summed E-state index contributed by atoms with van der Waals surface area (Å²) in [6.45, 7) is 9.79. The normalized spacial score (nSPS) is 12.9. The van der Waals surface area contributed by atoms with E-state index in [-0.39, 0.29) is 5.91 Å². The Morgan fingerprint density at radius 2 is 2.05 bits per heavy atom. The lowest BCUT2D eigenvalue weighted by Crippen LogP contribution is -2.42. The molecule has 6 heteroatoms. The van der Waals surface area contributed by atoms with Gasteiger partial charge in [-0.15, -0.1) is 0 Å². The van der Waals surface area contributed by atoms with Gasteiger partial charge in [-0.25, -0.2) is 4.79 Å². The molecule has 0 bridgehead atoms. The number of hydrogen-bond acceptors (Lipinski definition) is 3. The number of carbonyl (C=O) groups is 2. The SMILES string of the molecule is CCCn1cc(Br)cc1C(=O)N[C@@H](C)C(=O)OC(C)(C)C. The van der Waals surface area contributed by atoms with Crippen LogP contribution in [0, 0.1) is 0 Å². The van der Waals surface area contributed by atoms with Crippen LogP contribution in [0.3, 0.4) is 0 Å². The van der Waals surface area contributed by atoms with Crippen molar-refractivity contribution >= 4 is 27.8 Å². The van der Waals surface area contributed by atoms with Crippen molar-refractivity contribution in [3.05, 3.63) is 22.4 Å². The molecule has 118 valence electrons. The molecule has 0 radical (unpaired) electrons. The number of halogens is 1. The van der Waals surface area contributed by atoms with Crippen molar-refractivity contribution < 1.29 is 14.3 Å². The van der Waals surface area contributed by atoms with E-state index in [9.17, 15) is 9.59 Å². The van der Waals surface area contributed by atoms with E-state index in [1.165, 1.54) is 0 Å². The van der Waals surface area contributed by atoms with E-state index in [4.69, 9.17) is 4.74 Å². The standard InChI is InChI=1S/C15H23BrN2O3/c1-6-7-18-9-11(16)8-12(18)13(19)17-10(2)14(20)21-15(3,4)5/h8-10H,6-7H2,1-5H3,(H,17,19)/t10-/m0/s1. The van der Waals surface area contributed by atoms with Gasteiger partial charge in [0.25, 0.3) is 5.91 Å². The molecule has 1 aromatic heterocycles. The summed E-state index contributed by atoms with van der Waals surface area (Å²) in [7, 11) is 0. The Labute approximate surface area is 134 Å². The van der Waals surface area contributed by atoms with Crippen LogP contribution in [-0.4, -0.2) is 28.1 Å². The first-order valence-electron chi connectivity index (χ1n) is 7.03. The largest absolute Gasteiger partial charge is 0.458 e. The van der Waals surface area contributed by atoms with Crippen LogP contribution in [0.4, 0.5) is 0 Å². The van der Waals surface area contributed by atoms with Crippen molar-refractivity contribution in [2.75, 3.05) is 0 Å². The lowest BCUT2D eigenvalue weighted by atomic mass is 10.2. The maximum atomic E-state index is 12.3. The number of carbonyl (C=O) groups excluding carboxylic acids is 2. The smallest absolute Gasteiger partial charge is 0.328 e. The zero-order chi connectivity index (χ0) is 16.2. The van der Waals surface area contributed by atoms with Crippen molar-refractivity contribution in [1.82, 2.24) is 9.88 Å². The molecule has 0 aliphatic heterocycles. The molecule has 0 aliphatic rings. The van der Waals surface area contributed by atoms with Crippen LogP contribution in [0.1, 0.15) is 51.5 Å². The minimum Gasteiger partial charge on any atom is -0.458 e. The number of esters is 1. The first kappa shape index (κ1) is 17.8. The van der Waals surface area contributed by atoms with Gasteiger partial charge in [0, 0.05) is 17.2 Å². The Bertz CT molecular complexity index is 517. The van der Waals surface area contributed by atoms with Gasteiger partial charge in [0.2, 0.25) is 0 Å². The third kappa shape index (κ3) is 5.53. The number of nitrogens with zero attached hydrogens (tertiary/aromatic N) is 1. The van der Waals surface area contributed by atoms with Crippen LogP contribution < -0.4 is 5.32 Å². The minimum absolute atomic E-state index is 0.285. The molecular weight excluding hydrogens is 336 g/mol. The summed E-state index contributed by atoms with van der Waals surface area (Å²) >= 11 is 3.36. The second kappa shape index (κ2) is 7.11. The Hall–Kier alpha value is -1.30. The molecule has 0 aromatic carbocycles. The maximum absolute atomic E-state index is 12.3. The first-order valence-corrected chi connectivity index (χ1v) is 7.82. The molecule has 1 N–H and O–H groups in total. The van der Waals surface area contributed by atoms with Crippen molar-refractivity contribution in [2.45, 2.75) is 59.2 Å². The molecule has 1 atom stereocenters. The number of aromatic nitrogens is 1. The number of rotatable bonds is 5. The third-order valence-corrected chi connectivity index (χ3v) is 3.10. The van der Waals surface area contributed by atoms with E-state index >= 15 is 0 Å². The van der Waals surface area contributed by atoms with Crippen LogP contribution >= 0.6 is 15.9 Å². The number of ether oxygens (including phenoxy) is 1. The molecule has 5 nitrogen and oxygen atoms in total. The molecule has 0 fully saturated rings. The maximum Gasteiger partial charge on any atom is 0.328 e. The summed E-state index contributed by atoms with van der Waals surface area (Å²) < 4.78 is 7.95. The molecule has 0 saturated heterocycles. The molecule has 21 heavy (non-hydrogen) atoms. The predicted molar refractivity (Wildman–Crippen MR) is 85.2 cm³/mol. The zero-order valence-corrected chi connectivity index (χ0v) is 14.8. The minimum atomic E-state index is -0.694. The summed E-state index contributed by atoms with van der Waals surface area (Å²) in [5.41, 5.74) is -0.0410. The van der Waals surface area contributed by atoms with Gasteiger partial charge in [-0.1, -0.05) is 6.92 Å². The van der Waals surface area contributed by atoms with Crippen LogP contribution in [0.2, 0.25) is 0 Å². The second-order valence-electron chi connectivity index (χ2n) is 5.97. The van der Waals surface area contributed by atoms with Crippen molar-refractivity contribution in [2.24, 2.45) is 0 Å². The molecule has 0 aliphatic carbocycles. The quantitative estimate of drug-likeness (QED) is 0.822.